The fourth-order valence-electron chi connectivity index (χ4n) is 5.63. The monoisotopic (exact) mass is 581 g/mol. The SMILES string of the molecule is CNC(OC(=O)C(F)(F)F)c1ccc(S(=O)(=O)N2C[C@@H](C(=O)N3CCOCC3)C[C@@H](C3CCCCC3)C2)s1. The molecule has 0 radical (unpaired) electrons. The summed E-state index contributed by atoms with van der Waals surface area (Å²) in [5.41, 5.74) is 0. The number of hydrogen-bond donors (Lipinski definition) is 1. The van der Waals surface area contributed by atoms with Gasteiger partial charge in [-0.25, -0.2) is 13.2 Å². The van der Waals surface area contributed by atoms with E-state index in [0.717, 1.165) is 43.4 Å². The number of carbonyl (C=O) groups excluding carboxylic acids is 2. The number of thiophene rings is 1. The van der Waals surface area contributed by atoms with Gasteiger partial charge in [0.25, 0.3) is 10.0 Å². The molecule has 1 unspecified atom stereocenters. The van der Waals surface area contributed by atoms with Gasteiger partial charge in [-0.3, -0.25) is 10.1 Å². The summed E-state index contributed by atoms with van der Waals surface area (Å²) in [6.45, 7) is 2.21. The van der Waals surface area contributed by atoms with E-state index in [1.54, 1.807) is 4.90 Å². The molecule has 9 nitrogen and oxygen atoms in total. The summed E-state index contributed by atoms with van der Waals surface area (Å²) in [6.07, 6.45) is -0.638. The molecule has 1 aromatic heterocycles. The van der Waals surface area contributed by atoms with Gasteiger partial charge in [0, 0.05) is 26.2 Å². The summed E-state index contributed by atoms with van der Waals surface area (Å²) in [5.74, 6) is -2.51. The van der Waals surface area contributed by atoms with E-state index in [0.29, 0.717) is 45.2 Å². The Labute approximate surface area is 224 Å². The number of amides is 1. The first-order valence-electron chi connectivity index (χ1n) is 12.9. The fourth-order valence-corrected chi connectivity index (χ4v) is 8.70. The summed E-state index contributed by atoms with van der Waals surface area (Å²) in [4.78, 5) is 26.6. The van der Waals surface area contributed by atoms with Crippen LogP contribution in [0.3, 0.4) is 0 Å². The summed E-state index contributed by atoms with van der Waals surface area (Å²) in [6, 6.07) is 2.64. The van der Waals surface area contributed by atoms with Crippen LogP contribution in [0.5, 0.6) is 0 Å². The zero-order chi connectivity index (χ0) is 27.5. The zero-order valence-electron chi connectivity index (χ0n) is 21.2. The van der Waals surface area contributed by atoms with Crippen LogP contribution < -0.4 is 5.32 Å². The summed E-state index contributed by atoms with van der Waals surface area (Å²) >= 11 is 0.745. The fraction of sp³-hybridized carbons (Fsp3) is 0.750. The third-order valence-corrected chi connectivity index (χ3v) is 11.0. The number of hydrogen-bond acceptors (Lipinski definition) is 8. The van der Waals surface area contributed by atoms with Gasteiger partial charge in [0.1, 0.15) is 4.21 Å². The topological polar surface area (TPSA) is 105 Å². The molecule has 1 N–H and O–H groups in total. The third-order valence-electron chi connectivity index (χ3n) is 7.61. The molecule has 1 saturated carbocycles. The molecule has 1 aliphatic carbocycles. The van der Waals surface area contributed by atoms with Crippen molar-refractivity contribution in [3.05, 3.63) is 17.0 Å². The van der Waals surface area contributed by atoms with Crippen molar-refractivity contribution in [2.24, 2.45) is 17.8 Å². The van der Waals surface area contributed by atoms with Crippen LogP contribution in [-0.4, -0.2) is 82.1 Å². The Morgan fingerprint density at radius 3 is 2.42 bits per heavy atom. The summed E-state index contributed by atoms with van der Waals surface area (Å²) < 4.78 is 76.7. The highest BCUT2D eigenvalue weighted by molar-refractivity contribution is 7.91. The van der Waals surface area contributed by atoms with E-state index in [9.17, 15) is 31.2 Å². The van der Waals surface area contributed by atoms with Gasteiger partial charge in [-0.05, 0) is 37.4 Å². The normalized spacial score (nSPS) is 25.2. The van der Waals surface area contributed by atoms with Gasteiger partial charge in [-0.2, -0.15) is 17.5 Å². The lowest BCUT2D eigenvalue weighted by molar-refractivity contribution is -0.206. The van der Waals surface area contributed by atoms with Crippen LogP contribution >= 0.6 is 11.3 Å². The molecular weight excluding hydrogens is 547 g/mol. The highest BCUT2D eigenvalue weighted by Crippen LogP contribution is 2.40. The van der Waals surface area contributed by atoms with Crippen molar-refractivity contribution in [1.29, 1.82) is 0 Å². The Balaban J connectivity index is 1.55. The van der Waals surface area contributed by atoms with Gasteiger partial charge >= 0.3 is 12.1 Å². The number of halogens is 3. The third kappa shape index (κ3) is 6.69. The number of rotatable bonds is 7. The molecule has 3 heterocycles. The number of sulfonamides is 1. The quantitative estimate of drug-likeness (QED) is 0.390. The Bertz CT molecular complexity index is 1080. The molecule has 0 spiro atoms. The van der Waals surface area contributed by atoms with E-state index in [4.69, 9.17) is 4.74 Å². The number of carbonyl (C=O) groups is 2. The van der Waals surface area contributed by atoms with Gasteiger partial charge in [0.05, 0.1) is 24.0 Å². The second-order valence-corrected chi connectivity index (χ2v) is 13.4. The van der Waals surface area contributed by atoms with Crippen molar-refractivity contribution in [2.45, 2.75) is 55.1 Å². The summed E-state index contributed by atoms with van der Waals surface area (Å²) in [7, 11) is -2.73. The molecule has 1 aromatic rings. The minimum atomic E-state index is -5.18. The Morgan fingerprint density at radius 2 is 1.79 bits per heavy atom. The number of piperidine rings is 1. The van der Waals surface area contributed by atoms with Crippen LogP contribution in [0.25, 0.3) is 0 Å². The van der Waals surface area contributed by atoms with Gasteiger partial charge < -0.3 is 14.4 Å². The van der Waals surface area contributed by atoms with Crippen molar-refractivity contribution >= 4 is 33.2 Å². The Hall–Kier alpha value is -1.74. The first-order chi connectivity index (χ1) is 18.0. The van der Waals surface area contributed by atoms with Crippen LogP contribution in [0.4, 0.5) is 13.2 Å². The number of morpholine rings is 1. The van der Waals surface area contributed by atoms with E-state index < -0.39 is 34.3 Å². The molecular formula is C24H34F3N3O6S2. The number of alkyl halides is 3. The van der Waals surface area contributed by atoms with Crippen LogP contribution in [-0.2, 0) is 29.1 Å². The van der Waals surface area contributed by atoms with Crippen LogP contribution in [0, 0.1) is 17.8 Å². The maximum absolute atomic E-state index is 13.7. The van der Waals surface area contributed by atoms with Crippen molar-refractivity contribution in [2.75, 3.05) is 46.4 Å². The second-order valence-electron chi connectivity index (χ2n) is 10.1. The number of nitrogens with zero attached hydrogens (tertiary/aromatic N) is 2. The number of ether oxygens (including phenoxy) is 2. The maximum atomic E-state index is 13.7. The Morgan fingerprint density at radius 1 is 1.11 bits per heavy atom. The molecule has 2 aliphatic heterocycles. The number of nitrogens with one attached hydrogen (secondary N) is 1. The van der Waals surface area contributed by atoms with E-state index in [1.165, 1.54) is 23.5 Å². The standard InChI is InChI=1S/C24H34F3N3O6S2/c1-28-21(36-23(32)24(25,26)27)19-7-8-20(37-19)38(33,34)30-14-17(16-5-3-2-4-6-16)13-18(15-30)22(31)29-9-11-35-12-10-29/h7-8,16-18,21,28H,2-6,9-15H2,1H3/t17-,18+,21?/m1/s1. The molecule has 1 amide bonds. The number of esters is 1. The van der Waals surface area contributed by atoms with Crippen LogP contribution in [0.15, 0.2) is 16.3 Å². The van der Waals surface area contributed by atoms with Crippen molar-refractivity contribution in [3.8, 4) is 0 Å². The lowest BCUT2D eigenvalue weighted by atomic mass is 9.74. The van der Waals surface area contributed by atoms with Crippen molar-refractivity contribution in [3.63, 3.8) is 0 Å². The lowest BCUT2D eigenvalue weighted by Crippen LogP contribution is -2.52. The predicted octanol–water partition coefficient (Wildman–Crippen LogP) is 3.14. The van der Waals surface area contributed by atoms with E-state index in [2.05, 4.69) is 10.1 Å². The smallest absolute Gasteiger partial charge is 0.435 e. The van der Waals surface area contributed by atoms with Crippen LogP contribution in [0.2, 0.25) is 0 Å². The van der Waals surface area contributed by atoms with Gasteiger partial charge in [0.15, 0.2) is 6.23 Å². The molecule has 3 atom stereocenters. The lowest BCUT2D eigenvalue weighted by Gasteiger charge is -2.42. The Kier molecular flexibility index (Phi) is 9.38. The van der Waals surface area contributed by atoms with E-state index in [-0.39, 0.29) is 27.5 Å². The molecule has 3 aliphatic rings. The molecule has 3 fully saturated rings. The molecule has 38 heavy (non-hydrogen) atoms. The molecule has 0 bridgehead atoms. The molecule has 214 valence electrons. The molecule has 2 saturated heterocycles. The highest BCUT2D eigenvalue weighted by Gasteiger charge is 2.44. The first kappa shape index (κ1) is 29.2. The van der Waals surface area contributed by atoms with Gasteiger partial charge in [-0.1, -0.05) is 32.1 Å². The predicted molar refractivity (Wildman–Crippen MR) is 133 cm³/mol. The minimum absolute atomic E-state index is 0.0473. The van der Waals surface area contributed by atoms with Crippen LogP contribution in [0.1, 0.15) is 49.6 Å². The maximum Gasteiger partial charge on any atom is 0.490 e. The largest absolute Gasteiger partial charge is 0.490 e. The van der Waals surface area contributed by atoms with E-state index >= 15 is 0 Å². The second kappa shape index (κ2) is 12.2. The molecule has 4 rings (SSSR count). The van der Waals surface area contributed by atoms with Gasteiger partial charge in [0.2, 0.25) is 5.91 Å². The average Bonchev–Trinajstić information content (AvgIpc) is 3.42. The minimum Gasteiger partial charge on any atom is -0.435 e. The van der Waals surface area contributed by atoms with E-state index in [1.807, 2.05) is 0 Å². The highest BCUT2D eigenvalue weighted by atomic mass is 32.2. The molecule has 14 heteroatoms. The van der Waals surface area contributed by atoms with Crippen molar-refractivity contribution < 1.29 is 40.7 Å². The van der Waals surface area contributed by atoms with Gasteiger partial charge in [-0.15, -0.1) is 11.3 Å². The van der Waals surface area contributed by atoms with Crippen molar-refractivity contribution in [1.82, 2.24) is 14.5 Å². The first-order valence-corrected chi connectivity index (χ1v) is 15.2. The average molecular weight is 582 g/mol. The molecule has 0 aromatic carbocycles. The summed E-state index contributed by atoms with van der Waals surface area (Å²) in [5, 5.41) is 2.47. The zero-order valence-corrected chi connectivity index (χ0v) is 22.9.